The summed E-state index contributed by atoms with van der Waals surface area (Å²) in [6.45, 7) is 1.41. The molecule has 22 heavy (non-hydrogen) atoms. The molecule has 3 rings (SSSR count). The van der Waals surface area contributed by atoms with Gasteiger partial charge >= 0.3 is 0 Å². The van der Waals surface area contributed by atoms with E-state index in [9.17, 15) is 8.42 Å². The first-order chi connectivity index (χ1) is 10.6. The second kappa shape index (κ2) is 6.46. The Balaban J connectivity index is 1.81. The minimum atomic E-state index is -3.47. The number of hydrogen-bond donors (Lipinski definition) is 1. The third kappa shape index (κ3) is 3.38. The van der Waals surface area contributed by atoms with Crippen LogP contribution in [0.4, 0.5) is 5.69 Å². The topological polar surface area (TPSA) is 58.6 Å². The van der Waals surface area contributed by atoms with Crippen molar-refractivity contribution in [3.05, 3.63) is 18.2 Å². The Hall–Kier alpha value is -1.27. The second-order valence-corrected chi connectivity index (χ2v) is 7.92. The third-order valence-corrected chi connectivity index (χ3v) is 6.03. The van der Waals surface area contributed by atoms with Gasteiger partial charge in [0.1, 0.15) is 12.4 Å². The van der Waals surface area contributed by atoms with Crippen LogP contribution in [0.25, 0.3) is 0 Å². The molecule has 0 radical (unpaired) electrons. The maximum Gasteiger partial charge on any atom is 0.240 e. The van der Waals surface area contributed by atoms with E-state index in [0.29, 0.717) is 11.5 Å². The Bertz CT molecular complexity index is 622. The summed E-state index contributed by atoms with van der Waals surface area (Å²) in [7, 11) is -1.51. The molecule has 1 heterocycles. The highest BCUT2D eigenvalue weighted by molar-refractivity contribution is 7.89. The quantitative estimate of drug-likeness (QED) is 0.868. The average Bonchev–Trinajstić information content (AvgIpc) is 2.75. The van der Waals surface area contributed by atoms with Crippen molar-refractivity contribution < 1.29 is 13.2 Å². The lowest BCUT2D eigenvalue weighted by atomic mass is 10.1. The van der Waals surface area contributed by atoms with Crippen molar-refractivity contribution in [2.75, 3.05) is 25.1 Å². The van der Waals surface area contributed by atoms with Gasteiger partial charge in [-0.2, -0.15) is 0 Å². The predicted octanol–water partition coefficient (Wildman–Crippen LogP) is 2.52. The number of nitrogens with zero attached hydrogens (tertiary/aromatic N) is 1. The van der Waals surface area contributed by atoms with Gasteiger partial charge in [0.2, 0.25) is 10.0 Å². The molecule has 1 fully saturated rings. The average molecular weight is 324 g/mol. The fraction of sp³-hybridized carbons (Fsp3) is 0.625. The summed E-state index contributed by atoms with van der Waals surface area (Å²) in [5.74, 6) is 0.752. The lowest BCUT2D eigenvalue weighted by molar-refractivity contribution is 0.311. The number of fused-ring (bicyclic) bond motifs is 1. The van der Waals surface area contributed by atoms with Crippen LogP contribution in [-0.4, -0.2) is 34.7 Å². The number of likely N-dealkylation sites (N-methyl/N-ethyl adjacent to an activating group) is 1. The number of rotatable bonds is 3. The molecule has 1 aliphatic heterocycles. The summed E-state index contributed by atoms with van der Waals surface area (Å²) in [4.78, 5) is 2.36. The summed E-state index contributed by atoms with van der Waals surface area (Å²) in [5.41, 5.74) is 0.843. The smallest absolute Gasteiger partial charge is 0.240 e. The summed E-state index contributed by atoms with van der Waals surface area (Å²) in [6, 6.07) is 5.18. The SMILES string of the molecule is CN1CCOc2ccc(S(=O)(=O)NC3CCCCCC3)cc21. The summed E-state index contributed by atoms with van der Waals surface area (Å²) in [6.07, 6.45) is 6.50. The van der Waals surface area contributed by atoms with Crippen molar-refractivity contribution in [1.82, 2.24) is 4.72 Å². The van der Waals surface area contributed by atoms with Gasteiger partial charge < -0.3 is 9.64 Å². The number of anilines is 1. The van der Waals surface area contributed by atoms with Crippen molar-refractivity contribution >= 4 is 15.7 Å². The Morgan fingerprint density at radius 1 is 1.18 bits per heavy atom. The molecule has 122 valence electrons. The molecule has 5 nitrogen and oxygen atoms in total. The zero-order valence-corrected chi connectivity index (χ0v) is 13.9. The number of benzene rings is 1. The Morgan fingerprint density at radius 3 is 2.64 bits per heavy atom. The van der Waals surface area contributed by atoms with Crippen LogP contribution in [-0.2, 0) is 10.0 Å². The molecule has 6 heteroatoms. The summed E-state index contributed by atoms with van der Waals surface area (Å²) in [5, 5.41) is 0. The number of nitrogens with one attached hydrogen (secondary N) is 1. The van der Waals surface area contributed by atoms with Gasteiger partial charge in [-0.1, -0.05) is 25.7 Å². The van der Waals surface area contributed by atoms with Crippen LogP contribution in [0.15, 0.2) is 23.1 Å². The molecular weight excluding hydrogens is 300 g/mol. The van der Waals surface area contributed by atoms with Crippen LogP contribution < -0.4 is 14.4 Å². The first kappa shape index (κ1) is 15.6. The molecule has 0 unspecified atom stereocenters. The number of hydrogen-bond acceptors (Lipinski definition) is 4. The Kier molecular flexibility index (Phi) is 4.59. The van der Waals surface area contributed by atoms with Gasteiger partial charge in [0.15, 0.2) is 0 Å². The molecule has 2 aliphatic rings. The molecule has 1 aliphatic carbocycles. The van der Waals surface area contributed by atoms with Crippen LogP contribution in [0.1, 0.15) is 38.5 Å². The fourth-order valence-corrected chi connectivity index (χ4v) is 4.51. The largest absolute Gasteiger partial charge is 0.490 e. The molecule has 1 aromatic rings. The van der Waals surface area contributed by atoms with Crippen molar-refractivity contribution in [3.8, 4) is 5.75 Å². The maximum absolute atomic E-state index is 12.6. The van der Waals surface area contributed by atoms with E-state index in [4.69, 9.17) is 4.74 Å². The lowest BCUT2D eigenvalue weighted by Crippen LogP contribution is -2.35. The van der Waals surface area contributed by atoms with Gasteiger partial charge in [-0.3, -0.25) is 0 Å². The molecule has 1 saturated carbocycles. The number of ether oxygens (including phenoxy) is 1. The zero-order valence-electron chi connectivity index (χ0n) is 13.0. The maximum atomic E-state index is 12.6. The summed E-state index contributed by atoms with van der Waals surface area (Å²) >= 11 is 0. The van der Waals surface area contributed by atoms with E-state index in [1.54, 1.807) is 18.2 Å². The van der Waals surface area contributed by atoms with E-state index in [1.165, 1.54) is 12.8 Å². The highest BCUT2D eigenvalue weighted by Crippen LogP contribution is 2.33. The van der Waals surface area contributed by atoms with Crippen LogP contribution >= 0.6 is 0 Å². The normalized spacial score (nSPS) is 20.1. The molecule has 0 spiro atoms. The lowest BCUT2D eigenvalue weighted by Gasteiger charge is -2.28. The van der Waals surface area contributed by atoms with Gasteiger partial charge in [-0.05, 0) is 31.0 Å². The van der Waals surface area contributed by atoms with E-state index in [-0.39, 0.29) is 6.04 Å². The van der Waals surface area contributed by atoms with E-state index < -0.39 is 10.0 Å². The van der Waals surface area contributed by atoms with Crippen molar-refractivity contribution in [3.63, 3.8) is 0 Å². The van der Waals surface area contributed by atoms with Gasteiger partial charge in [0.25, 0.3) is 0 Å². The van der Waals surface area contributed by atoms with E-state index in [2.05, 4.69) is 4.72 Å². The second-order valence-electron chi connectivity index (χ2n) is 6.21. The van der Waals surface area contributed by atoms with Gasteiger partial charge in [0, 0.05) is 13.1 Å². The molecule has 1 N–H and O–H groups in total. The standard InChI is InChI=1S/C16H24N2O3S/c1-18-10-11-21-16-9-8-14(12-15(16)18)22(19,20)17-13-6-4-2-3-5-7-13/h8-9,12-13,17H,2-7,10-11H2,1H3. The van der Waals surface area contributed by atoms with E-state index in [0.717, 1.165) is 43.7 Å². The van der Waals surface area contributed by atoms with Crippen molar-refractivity contribution in [1.29, 1.82) is 0 Å². The molecule has 0 aromatic heterocycles. The van der Waals surface area contributed by atoms with Crippen LogP contribution in [0.2, 0.25) is 0 Å². The van der Waals surface area contributed by atoms with E-state index in [1.807, 2.05) is 11.9 Å². The highest BCUT2D eigenvalue weighted by Gasteiger charge is 2.24. The van der Waals surface area contributed by atoms with Gasteiger partial charge in [0.05, 0.1) is 17.1 Å². The Labute approximate surface area is 132 Å². The van der Waals surface area contributed by atoms with Crippen molar-refractivity contribution in [2.24, 2.45) is 0 Å². The summed E-state index contributed by atoms with van der Waals surface area (Å²) < 4.78 is 33.7. The molecule has 0 bridgehead atoms. The molecule has 1 aromatic carbocycles. The van der Waals surface area contributed by atoms with Crippen LogP contribution in [0.3, 0.4) is 0 Å². The predicted molar refractivity (Wildman–Crippen MR) is 87.0 cm³/mol. The number of sulfonamides is 1. The third-order valence-electron chi connectivity index (χ3n) is 4.51. The van der Waals surface area contributed by atoms with Crippen molar-refractivity contribution in [2.45, 2.75) is 49.5 Å². The minimum absolute atomic E-state index is 0.0671. The molecule has 0 amide bonds. The first-order valence-corrected chi connectivity index (χ1v) is 9.55. The van der Waals surface area contributed by atoms with Crippen LogP contribution in [0, 0.1) is 0 Å². The monoisotopic (exact) mass is 324 g/mol. The first-order valence-electron chi connectivity index (χ1n) is 8.06. The molecule has 0 saturated heterocycles. The minimum Gasteiger partial charge on any atom is -0.490 e. The van der Waals surface area contributed by atoms with Gasteiger partial charge in [-0.15, -0.1) is 0 Å². The zero-order chi connectivity index (χ0) is 15.6. The van der Waals surface area contributed by atoms with Gasteiger partial charge in [-0.25, -0.2) is 13.1 Å². The highest BCUT2D eigenvalue weighted by atomic mass is 32.2. The fourth-order valence-electron chi connectivity index (χ4n) is 3.18. The molecule has 0 atom stereocenters. The Morgan fingerprint density at radius 2 is 1.91 bits per heavy atom. The van der Waals surface area contributed by atoms with E-state index >= 15 is 0 Å². The molecular formula is C16H24N2O3S. The van der Waals surface area contributed by atoms with Crippen LogP contribution in [0.5, 0.6) is 5.75 Å².